The number of aliphatic imine (C=N–C) groups is 1. The molecule has 27 heavy (non-hydrogen) atoms. The molecule has 5 nitrogen and oxygen atoms in total. The molecule has 2 N–H and O–H groups in total. The van der Waals surface area contributed by atoms with Crippen LogP contribution in [0.25, 0.3) is 6.08 Å². The summed E-state index contributed by atoms with van der Waals surface area (Å²) in [6, 6.07) is 11.2. The summed E-state index contributed by atoms with van der Waals surface area (Å²) in [5.41, 5.74) is 2.77. The van der Waals surface area contributed by atoms with E-state index in [2.05, 4.69) is 33.2 Å². The van der Waals surface area contributed by atoms with E-state index in [9.17, 15) is 9.90 Å². The van der Waals surface area contributed by atoms with Gasteiger partial charge in [0, 0.05) is 4.47 Å². The largest absolute Gasteiger partial charge is 0.504 e. The Hall–Kier alpha value is -2.25. The van der Waals surface area contributed by atoms with Gasteiger partial charge in [0.05, 0.1) is 17.2 Å². The highest BCUT2D eigenvalue weighted by Gasteiger charge is 2.24. The van der Waals surface area contributed by atoms with Crippen LogP contribution < -0.4 is 10.1 Å². The van der Waals surface area contributed by atoms with Crippen LogP contribution in [0.4, 0.5) is 5.69 Å². The van der Waals surface area contributed by atoms with Gasteiger partial charge in [0.25, 0.3) is 5.91 Å². The Balaban J connectivity index is 1.84. The second-order valence-electron chi connectivity index (χ2n) is 5.78. The highest BCUT2D eigenvalue weighted by atomic mass is 79.9. The number of halogens is 1. The van der Waals surface area contributed by atoms with Crippen LogP contribution >= 0.6 is 27.7 Å². The summed E-state index contributed by atoms with van der Waals surface area (Å²) in [4.78, 5) is 17.3. The van der Waals surface area contributed by atoms with Crippen molar-refractivity contribution in [1.82, 2.24) is 5.32 Å². The fourth-order valence-electron chi connectivity index (χ4n) is 2.49. The zero-order valence-corrected chi connectivity index (χ0v) is 17.4. The minimum atomic E-state index is -0.207. The van der Waals surface area contributed by atoms with E-state index in [1.807, 2.05) is 31.2 Å². The van der Waals surface area contributed by atoms with Crippen molar-refractivity contribution in [2.24, 2.45) is 4.99 Å². The molecule has 1 saturated heterocycles. The van der Waals surface area contributed by atoms with E-state index < -0.39 is 0 Å². The Morgan fingerprint density at radius 3 is 2.67 bits per heavy atom. The Labute approximate surface area is 170 Å². The Morgan fingerprint density at radius 1 is 1.26 bits per heavy atom. The van der Waals surface area contributed by atoms with Crippen LogP contribution in [-0.2, 0) is 11.2 Å². The average molecular weight is 447 g/mol. The number of ether oxygens (including phenoxy) is 1. The van der Waals surface area contributed by atoms with Crippen LogP contribution in [0.3, 0.4) is 0 Å². The van der Waals surface area contributed by atoms with E-state index in [0.717, 1.165) is 17.7 Å². The molecule has 0 aromatic heterocycles. The second kappa shape index (κ2) is 8.63. The first-order valence-electron chi connectivity index (χ1n) is 8.54. The molecule has 1 fully saturated rings. The first kappa shape index (κ1) is 19.5. The van der Waals surface area contributed by atoms with Gasteiger partial charge in [-0.1, -0.05) is 35.0 Å². The zero-order chi connectivity index (χ0) is 19.4. The van der Waals surface area contributed by atoms with Gasteiger partial charge in [-0.25, -0.2) is 4.99 Å². The Morgan fingerprint density at radius 2 is 2.00 bits per heavy atom. The van der Waals surface area contributed by atoms with E-state index in [1.54, 1.807) is 18.2 Å². The molecule has 0 aliphatic carbocycles. The van der Waals surface area contributed by atoms with Crippen molar-refractivity contribution in [2.75, 3.05) is 6.61 Å². The number of carbonyl (C=O) groups is 1. The summed E-state index contributed by atoms with van der Waals surface area (Å²) in [5, 5.41) is 13.2. The van der Waals surface area contributed by atoms with E-state index >= 15 is 0 Å². The van der Waals surface area contributed by atoms with Gasteiger partial charge in [0.1, 0.15) is 0 Å². The van der Waals surface area contributed by atoms with Crippen molar-refractivity contribution in [3.05, 3.63) is 56.9 Å². The number of benzene rings is 2. The topological polar surface area (TPSA) is 70.9 Å². The van der Waals surface area contributed by atoms with Crippen molar-refractivity contribution in [3.63, 3.8) is 0 Å². The molecule has 140 valence electrons. The third kappa shape index (κ3) is 4.73. The van der Waals surface area contributed by atoms with Crippen LogP contribution in [0.2, 0.25) is 0 Å². The number of nitrogens with zero attached hydrogens (tertiary/aromatic N) is 1. The summed E-state index contributed by atoms with van der Waals surface area (Å²) < 4.78 is 6.08. The molecule has 2 aromatic rings. The van der Waals surface area contributed by atoms with Crippen LogP contribution in [0.15, 0.2) is 50.8 Å². The van der Waals surface area contributed by atoms with E-state index in [-0.39, 0.29) is 11.7 Å². The highest BCUT2D eigenvalue weighted by Crippen LogP contribution is 2.36. The van der Waals surface area contributed by atoms with Gasteiger partial charge in [-0.15, -0.1) is 0 Å². The van der Waals surface area contributed by atoms with E-state index in [4.69, 9.17) is 4.74 Å². The van der Waals surface area contributed by atoms with Crippen LogP contribution in [0.1, 0.15) is 25.0 Å². The summed E-state index contributed by atoms with van der Waals surface area (Å²) in [7, 11) is 0. The third-order valence-electron chi connectivity index (χ3n) is 3.89. The van der Waals surface area contributed by atoms with Crippen molar-refractivity contribution >= 4 is 50.5 Å². The number of phenols is 1. The highest BCUT2D eigenvalue weighted by molar-refractivity contribution is 9.10. The van der Waals surface area contributed by atoms with Gasteiger partial charge >= 0.3 is 0 Å². The van der Waals surface area contributed by atoms with Crippen LogP contribution in [0.5, 0.6) is 11.5 Å². The third-order valence-corrected chi connectivity index (χ3v) is 5.49. The van der Waals surface area contributed by atoms with Gasteiger partial charge in [0.15, 0.2) is 16.7 Å². The number of phenolic OH excluding ortho intramolecular Hbond substituents is 1. The van der Waals surface area contributed by atoms with E-state index in [1.165, 1.54) is 17.3 Å². The molecule has 1 amide bonds. The van der Waals surface area contributed by atoms with Crippen molar-refractivity contribution < 1.29 is 14.6 Å². The molecule has 1 aliphatic rings. The summed E-state index contributed by atoms with van der Waals surface area (Å²) in [6.07, 6.45) is 2.72. The number of nitrogens with one attached hydrogen (secondary N) is 1. The normalized spacial score (nSPS) is 16.8. The quantitative estimate of drug-likeness (QED) is 0.633. The van der Waals surface area contributed by atoms with Crippen molar-refractivity contribution in [3.8, 4) is 11.5 Å². The smallest absolute Gasteiger partial charge is 0.264 e. The maximum absolute atomic E-state index is 12.3. The fourth-order valence-corrected chi connectivity index (χ4v) is 3.76. The molecule has 2 aromatic carbocycles. The molecular formula is C20H19BrN2O3S. The maximum atomic E-state index is 12.3. The molecule has 3 rings (SSSR count). The molecule has 0 bridgehead atoms. The molecule has 1 heterocycles. The molecule has 1 aliphatic heterocycles. The molecule has 0 unspecified atom stereocenters. The number of thioether (sulfide) groups is 1. The summed E-state index contributed by atoms with van der Waals surface area (Å²) in [6.45, 7) is 4.38. The molecule has 7 heteroatoms. The fraction of sp³-hybridized carbons (Fsp3) is 0.200. The number of amidine groups is 1. The van der Waals surface area contributed by atoms with Crippen LogP contribution in [0, 0.1) is 0 Å². The minimum absolute atomic E-state index is 0.0483. The molecule has 0 spiro atoms. The lowest BCUT2D eigenvalue weighted by molar-refractivity contribution is -0.115. The SMILES string of the molecule is CCOc1cc(C=C2SC(=Nc3ccc(CC)cc3)NC2=O)c(Br)cc1O. The molecule has 0 radical (unpaired) electrons. The number of hydrogen-bond acceptors (Lipinski definition) is 5. The predicted molar refractivity (Wildman–Crippen MR) is 114 cm³/mol. The zero-order valence-electron chi connectivity index (χ0n) is 15.0. The average Bonchev–Trinajstić information content (AvgIpc) is 2.99. The number of rotatable bonds is 5. The van der Waals surface area contributed by atoms with Gasteiger partial charge in [-0.05, 0) is 66.6 Å². The lowest BCUT2D eigenvalue weighted by atomic mass is 10.2. The van der Waals surface area contributed by atoms with Crippen LogP contribution in [-0.4, -0.2) is 22.8 Å². The number of amides is 1. The summed E-state index contributed by atoms with van der Waals surface area (Å²) >= 11 is 4.69. The number of aromatic hydroxyl groups is 1. The van der Waals surface area contributed by atoms with Gasteiger partial charge in [0.2, 0.25) is 0 Å². The number of aryl methyl sites for hydroxylation is 1. The predicted octanol–water partition coefficient (Wildman–Crippen LogP) is 5.01. The van der Waals surface area contributed by atoms with Gasteiger partial charge < -0.3 is 15.2 Å². The second-order valence-corrected chi connectivity index (χ2v) is 7.66. The van der Waals surface area contributed by atoms with E-state index in [0.29, 0.717) is 26.9 Å². The maximum Gasteiger partial charge on any atom is 0.264 e. The molecule has 0 saturated carbocycles. The first-order chi connectivity index (χ1) is 13.0. The molecular weight excluding hydrogens is 428 g/mol. The first-order valence-corrected chi connectivity index (χ1v) is 10.1. The standard InChI is InChI=1S/C20H19BrN2O3S/c1-3-12-5-7-14(8-6-12)22-20-23-19(25)18(27-20)10-13-9-17(26-4-2)16(24)11-15(13)21/h5-11,24H,3-4H2,1-2H3,(H,22,23,25). The Kier molecular flexibility index (Phi) is 6.23. The lowest BCUT2D eigenvalue weighted by Gasteiger charge is -2.08. The Bertz CT molecular complexity index is 924. The number of carbonyl (C=O) groups excluding carboxylic acids is 1. The lowest BCUT2D eigenvalue weighted by Crippen LogP contribution is -2.19. The van der Waals surface area contributed by atoms with Crippen molar-refractivity contribution in [1.29, 1.82) is 0 Å². The molecule has 0 atom stereocenters. The monoisotopic (exact) mass is 446 g/mol. The number of hydrogen-bond donors (Lipinski definition) is 2. The minimum Gasteiger partial charge on any atom is -0.504 e. The van der Waals surface area contributed by atoms with Gasteiger partial charge in [-0.3, -0.25) is 4.79 Å². The summed E-state index contributed by atoms with van der Waals surface area (Å²) in [5.74, 6) is 0.218. The van der Waals surface area contributed by atoms with Crippen molar-refractivity contribution in [2.45, 2.75) is 20.3 Å². The van der Waals surface area contributed by atoms with Gasteiger partial charge in [-0.2, -0.15) is 0 Å².